The number of fused-ring (bicyclic) bond motifs is 1. The second kappa shape index (κ2) is 6.01. The lowest BCUT2D eigenvalue weighted by atomic mass is 10.0. The molecule has 118 valence electrons. The van der Waals surface area contributed by atoms with Gasteiger partial charge in [-0.15, -0.1) is 0 Å². The monoisotopic (exact) mass is 297 g/mol. The number of nitrogens with one attached hydrogen (secondary N) is 1. The van der Waals surface area contributed by atoms with Gasteiger partial charge in [0.2, 0.25) is 17.7 Å². The first kappa shape index (κ1) is 15.8. The van der Waals surface area contributed by atoms with Crippen LogP contribution in [0.5, 0.6) is 0 Å². The van der Waals surface area contributed by atoms with Crippen molar-refractivity contribution in [2.75, 3.05) is 20.3 Å². The predicted molar refractivity (Wildman–Crippen MR) is 75.1 cm³/mol. The number of carbonyl (C=O) groups is 3. The van der Waals surface area contributed by atoms with Gasteiger partial charge in [-0.1, -0.05) is 6.92 Å². The molecule has 2 fully saturated rings. The van der Waals surface area contributed by atoms with Crippen molar-refractivity contribution >= 4 is 17.7 Å². The SMILES string of the molecule is COCCCC(=O)NCC(=O)N1C(C(N)=O)CC2(C)CC12. The van der Waals surface area contributed by atoms with Gasteiger partial charge in [0.05, 0.1) is 6.54 Å². The van der Waals surface area contributed by atoms with E-state index in [2.05, 4.69) is 12.2 Å². The number of carbonyl (C=O) groups excluding carboxylic acids is 3. The fourth-order valence-electron chi connectivity index (χ4n) is 3.11. The molecule has 1 saturated heterocycles. The van der Waals surface area contributed by atoms with Crippen LogP contribution in [-0.2, 0) is 19.1 Å². The molecule has 3 unspecified atom stereocenters. The number of hydrogen-bond donors (Lipinski definition) is 2. The van der Waals surface area contributed by atoms with E-state index in [4.69, 9.17) is 10.5 Å². The fraction of sp³-hybridized carbons (Fsp3) is 0.786. The number of nitrogens with zero attached hydrogens (tertiary/aromatic N) is 1. The van der Waals surface area contributed by atoms with E-state index in [1.165, 1.54) is 0 Å². The topological polar surface area (TPSA) is 102 Å². The number of primary amides is 1. The van der Waals surface area contributed by atoms with Gasteiger partial charge in [0.15, 0.2) is 0 Å². The molecule has 3 amide bonds. The molecular formula is C14H23N3O4. The van der Waals surface area contributed by atoms with Crippen molar-refractivity contribution < 1.29 is 19.1 Å². The normalized spacial score (nSPS) is 29.9. The number of methoxy groups -OCH3 is 1. The van der Waals surface area contributed by atoms with Gasteiger partial charge in [-0.3, -0.25) is 14.4 Å². The summed E-state index contributed by atoms with van der Waals surface area (Å²) in [4.78, 5) is 36.9. The third-order valence-corrected chi connectivity index (χ3v) is 4.44. The van der Waals surface area contributed by atoms with Crippen LogP contribution in [0.2, 0.25) is 0 Å². The predicted octanol–water partition coefficient (Wildman–Crippen LogP) is -0.606. The lowest BCUT2D eigenvalue weighted by Gasteiger charge is -2.25. The number of hydrogen-bond acceptors (Lipinski definition) is 4. The fourth-order valence-corrected chi connectivity index (χ4v) is 3.11. The highest BCUT2D eigenvalue weighted by molar-refractivity contribution is 5.91. The van der Waals surface area contributed by atoms with E-state index >= 15 is 0 Å². The van der Waals surface area contributed by atoms with Crippen molar-refractivity contribution in [3.05, 3.63) is 0 Å². The third kappa shape index (κ3) is 3.34. The first-order valence-corrected chi connectivity index (χ1v) is 7.25. The molecule has 0 aromatic rings. The molecular weight excluding hydrogens is 274 g/mol. The summed E-state index contributed by atoms with van der Waals surface area (Å²) in [5, 5.41) is 2.59. The van der Waals surface area contributed by atoms with Gasteiger partial charge in [-0.05, 0) is 24.7 Å². The number of rotatable bonds is 7. The average Bonchev–Trinajstić information content (AvgIpc) is 2.98. The summed E-state index contributed by atoms with van der Waals surface area (Å²) in [7, 11) is 1.57. The maximum Gasteiger partial charge on any atom is 0.242 e. The molecule has 0 radical (unpaired) electrons. The van der Waals surface area contributed by atoms with Gasteiger partial charge < -0.3 is 20.7 Å². The molecule has 0 aromatic heterocycles. The molecule has 2 aliphatic rings. The molecule has 1 aliphatic heterocycles. The van der Waals surface area contributed by atoms with E-state index in [0.29, 0.717) is 25.9 Å². The van der Waals surface area contributed by atoms with E-state index in [1.807, 2.05) is 0 Å². The number of piperidine rings is 1. The van der Waals surface area contributed by atoms with Crippen molar-refractivity contribution in [2.45, 2.75) is 44.7 Å². The largest absolute Gasteiger partial charge is 0.385 e. The summed E-state index contributed by atoms with van der Waals surface area (Å²) >= 11 is 0. The highest BCUT2D eigenvalue weighted by atomic mass is 16.5. The van der Waals surface area contributed by atoms with E-state index in [-0.39, 0.29) is 29.8 Å². The summed E-state index contributed by atoms with van der Waals surface area (Å²) in [6.45, 7) is 2.49. The highest BCUT2D eigenvalue weighted by Crippen LogP contribution is 2.58. The summed E-state index contributed by atoms with van der Waals surface area (Å²) in [5.74, 6) is -0.887. The zero-order valence-corrected chi connectivity index (χ0v) is 12.6. The number of nitrogens with two attached hydrogens (primary N) is 1. The minimum atomic E-state index is -0.536. The Kier molecular flexibility index (Phi) is 4.51. The summed E-state index contributed by atoms with van der Waals surface area (Å²) in [6, 6.07) is -0.445. The molecule has 7 nitrogen and oxygen atoms in total. The molecule has 0 bridgehead atoms. The molecule has 3 N–H and O–H groups in total. The van der Waals surface area contributed by atoms with Crippen LogP contribution in [-0.4, -0.2) is 55.0 Å². The quantitative estimate of drug-likeness (QED) is 0.612. The highest BCUT2D eigenvalue weighted by Gasteiger charge is 2.63. The minimum absolute atomic E-state index is 0.0256. The Hall–Kier alpha value is -1.63. The Morgan fingerprint density at radius 2 is 2.10 bits per heavy atom. The Bertz CT molecular complexity index is 454. The second-order valence-corrected chi connectivity index (χ2v) is 6.17. The third-order valence-electron chi connectivity index (χ3n) is 4.44. The smallest absolute Gasteiger partial charge is 0.242 e. The molecule has 7 heteroatoms. The van der Waals surface area contributed by atoms with Gasteiger partial charge in [0, 0.05) is 26.2 Å². The lowest BCUT2D eigenvalue weighted by Crippen LogP contribution is -2.49. The molecule has 3 atom stereocenters. The molecule has 1 heterocycles. The van der Waals surface area contributed by atoms with E-state index < -0.39 is 11.9 Å². The van der Waals surface area contributed by atoms with Crippen LogP contribution < -0.4 is 11.1 Å². The van der Waals surface area contributed by atoms with Crippen molar-refractivity contribution in [3.63, 3.8) is 0 Å². The van der Waals surface area contributed by atoms with Crippen LogP contribution in [0.1, 0.15) is 32.6 Å². The van der Waals surface area contributed by atoms with Crippen LogP contribution in [0.4, 0.5) is 0 Å². The van der Waals surface area contributed by atoms with Gasteiger partial charge >= 0.3 is 0 Å². The van der Waals surface area contributed by atoms with Crippen LogP contribution >= 0.6 is 0 Å². The van der Waals surface area contributed by atoms with Gasteiger partial charge in [-0.25, -0.2) is 0 Å². The van der Waals surface area contributed by atoms with E-state index in [9.17, 15) is 14.4 Å². The molecule has 0 aromatic carbocycles. The number of ether oxygens (including phenoxy) is 1. The minimum Gasteiger partial charge on any atom is -0.385 e. The molecule has 1 aliphatic carbocycles. The molecule has 1 saturated carbocycles. The maximum atomic E-state index is 12.3. The van der Waals surface area contributed by atoms with Gasteiger partial charge in [0.25, 0.3) is 0 Å². The lowest BCUT2D eigenvalue weighted by molar-refractivity contribution is -0.138. The van der Waals surface area contributed by atoms with E-state index in [1.54, 1.807) is 12.0 Å². The van der Waals surface area contributed by atoms with Crippen molar-refractivity contribution in [1.82, 2.24) is 10.2 Å². The first-order valence-electron chi connectivity index (χ1n) is 7.25. The molecule has 21 heavy (non-hydrogen) atoms. The zero-order chi connectivity index (χ0) is 15.6. The van der Waals surface area contributed by atoms with Crippen LogP contribution in [0.25, 0.3) is 0 Å². The van der Waals surface area contributed by atoms with Gasteiger partial charge in [0.1, 0.15) is 6.04 Å². The van der Waals surface area contributed by atoms with Crippen LogP contribution in [0.3, 0.4) is 0 Å². The Balaban J connectivity index is 1.82. The summed E-state index contributed by atoms with van der Waals surface area (Å²) < 4.78 is 4.86. The van der Waals surface area contributed by atoms with Crippen molar-refractivity contribution in [2.24, 2.45) is 11.1 Å². The zero-order valence-electron chi connectivity index (χ0n) is 12.6. The Labute approximate surface area is 124 Å². The van der Waals surface area contributed by atoms with Gasteiger partial charge in [-0.2, -0.15) is 0 Å². The standard InChI is InChI=1S/C14H23N3O4/c1-14-6-9(13(15)20)17(10(14)7-14)12(19)8-16-11(18)4-3-5-21-2/h9-10H,3-8H2,1-2H3,(H2,15,20)(H,16,18). The Morgan fingerprint density at radius 1 is 1.38 bits per heavy atom. The van der Waals surface area contributed by atoms with Crippen molar-refractivity contribution in [1.29, 1.82) is 0 Å². The van der Waals surface area contributed by atoms with Crippen LogP contribution in [0.15, 0.2) is 0 Å². The number of amides is 3. The number of likely N-dealkylation sites (tertiary alicyclic amines) is 1. The van der Waals surface area contributed by atoms with Crippen molar-refractivity contribution in [3.8, 4) is 0 Å². The molecule has 2 rings (SSSR count). The first-order chi connectivity index (χ1) is 9.89. The van der Waals surface area contributed by atoms with E-state index in [0.717, 1.165) is 6.42 Å². The summed E-state index contributed by atoms with van der Waals surface area (Å²) in [6.07, 6.45) is 2.47. The summed E-state index contributed by atoms with van der Waals surface area (Å²) in [5.41, 5.74) is 5.40. The van der Waals surface area contributed by atoms with Crippen LogP contribution in [0, 0.1) is 5.41 Å². The second-order valence-electron chi connectivity index (χ2n) is 6.17. The maximum absolute atomic E-state index is 12.3. The average molecular weight is 297 g/mol. The Morgan fingerprint density at radius 3 is 2.71 bits per heavy atom. The molecule has 0 spiro atoms.